The summed E-state index contributed by atoms with van der Waals surface area (Å²) in [7, 11) is 1.38. The summed E-state index contributed by atoms with van der Waals surface area (Å²) in [5.74, 6) is -0.388. The summed E-state index contributed by atoms with van der Waals surface area (Å²) in [4.78, 5) is 24.9. The first kappa shape index (κ1) is 29.9. The number of rotatable bonds is 9. The summed E-state index contributed by atoms with van der Waals surface area (Å²) in [6, 6.07) is 23.7. The molecule has 0 spiro atoms. The number of hydrogen-bond acceptors (Lipinski definition) is 5. The molecule has 1 N–H and O–H groups in total. The number of carbonyl (C=O) groups is 2. The Labute approximate surface area is 221 Å². The molecule has 0 aliphatic heterocycles. The van der Waals surface area contributed by atoms with Crippen molar-refractivity contribution in [1.82, 2.24) is 0 Å². The summed E-state index contributed by atoms with van der Waals surface area (Å²) in [6.45, 7) is 11.3. The summed E-state index contributed by atoms with van der Waals surface area (Å²) < 4.78 is 10.4. The lowest BCUT2D eigenvalue weighted by atomic mass is 9.71. The third-order valence-electron chi connectivity index (χ3n) is 6.83. The van der Waals surface area contributed by atoms with Gasteiger partial charge >= 0.3 is 11.9 Å². The van der Waals surface area contributed by atoms with Crippen LogP contribution >= 0.6 is 0 Å². The van der Waals surface area contributed by atoms with Crippen LogP contribution in [0.15, 0.2) is 72.8 Å². The second-order valence-corrected chi connectivity index (χ2v) is 10.8. The van der Waals surface area contributed by atoms with E-state index in [1.165, 1.54) is 17.9 Å². The van der Waals surface area contributed by atoms with Crippen molar-refractivity contribution in [3.63, 3.8) is 0 Å². The minimum Gasteiger partial charge on any atom is -0.508 e. The number of aromatic hydroxyl groups is 1. The fourth-order valence-electron chi connectivity index (χ4n) is 4.44. The van der Waals surface area contributed by atoms with Gasteiger partial charge in [-0.05, 0) is 88.3 Å². The lowest BCUT2D eigenvalue weighted by molar-refractivity contribution is -0.160. The maximum absolute atomic E-state index is 12.7. The van der Waals surface area contributed by atoms with Crippen molar-refractivity contribution in [3.05, 3.63) is 78.4 Å². The van der Waals surface area contributed by atoms with Crippen LogP contribution in [0.1, 0.15) is 72.3 Å². The average Bonchev–Trinajstić information content (AvgIpc) is 2.88. The van der Waals surface area contributed by atoms with Gasteiger partial charge in [-0.3, -0.25) is 9.59 Å². The molecule has 3 aromatic rings. The molecule has 0 fully saturated rings. The number of esters is 2. The molecule has 3 rings (SSSR count). The summed E-state index contributed by atoms with van der Waals surface area (Å²) >= 11 is 0. The number of phenols is 1. The highest BCUT2D eigenvalue weighted by Crippen LogP contribution is 2.42. The van der Waals surface area contributed by atoms with Gasteiger partial charge in [0.15, 0.2) is 0 Å². The van der Waals surface area contributed by atoms with Crippen molar-refractivity contribution in [1.29, 1.82) is 0 Å². The molecule has 0 radical (unpaired) electrons. The van der Waals surface area contributed by atoms with Gasteiger partial charge in [-0.1, -0.05) is 67.6 Å². The number of carbonyl (C=O) groups excluding carboxylic acids is 2. The molecule has 200 valence electrons. The number of fused-ring (bicyclic) bond motifs is 1. The third-order valence-corrected chi connectivity index (χ3v) is 6.83. The molecule has 0 saturated carbocycles. The normalized spacial score (nSPS) is 13.7. The van der Waals surface area contributed by atoms with Gasteiger partial charge in [-0.15, -0.1) is 0 Å². The van der Waals surface area contributed by atoms with Crippen molar-refractivity contribution in [2.45, 2.75) is 72.8 Å². The van der Waals surface area contributed by atoms with E-state index in [0.29, 0.717) is 19.3 Å². The van der Waals surface area contributed by atoms with Crippen molar-refractivity contribution >= 4 is 22.7 Å². The molecule has 0 aromatic heterocycles. The van der Waals surface area contributed by atoms with Gasteiger partial charge in [-0.2, -0.15) is 0 Å². The van der Waals surface area contributed by atoms with Crippen molar-refractivity contribution in [2.24, 2.45) is 10.8 Å². The van der Waals surface area contributed by atoms with Crippen LogP contribution in [0, 0.1) is 10.8 Å². The Morgan fingerprint density at radius 2 is 1.30 bits per heavy atom. The predicted molar refractivity (Wildman–Crippen MR) is 149 cm³/mol. The number of ether oxygens (including phenoxy) is 2. The molecular weight excluding hydrogens is 464 g/mol. The van der Waals surface area contributed by atoms with E-state index < -0.39 is 10.8 Å². The molecule has 5 nitrogen and oxygen atoms in total. The van der Waals surface area contributed by atoms with Crippen LogP contribution in [-0.4, -0.2) is 30.3 Å². The molecule has 0 bridgehead atoms. The average molecular weight is 507 g/mol. The molecule has 0 amide bonds. The first-order valence-corrected chi connectivity index (χ1v) is 12.9. The van der Waals surface area contributed by atoms with Crippen LogP contribution in [0.5, 0.6) is 5.75 Å². The molecule has 37 heavy (non-hydrogen) atoms. The van der Waals surface area contributed by atoms with Crippen molar-refractivity contribution < 1.29 is 24.2 Å². The quantitative estimate of drug-likeness (QED) is 0.302. The molecule has 0 heterocycles. The van der Waals surface area contributed by atoms with Crippen molar-refractivity contribution in [3.8, 4) is 5.75 Å². The maximum Gasteiger partial charge on any atom is 0.312 e. The van der Waals surface area contributed by atoms with Gasteiger partial charge in [0, 0.05) is 0 Å². The van der Waals surface area contributed by atoms with E-state index in [9.17, 15) is 14.7 Å². The van der Waals surface area contributed by atoms with Crippen LogP contribution in [0.3, 0.4) is 0 Å². The Bertz CT molecular complexity index is 1080. The second-order valence-electron chi connectivity index (χ2n) is 10.8. The van der Waals surface area contributed by atoms with Gasteiger partial charge in [0.1, 0.15) is 5.75 Å². The minimum absolute atomic E-state index is 0.0654. The number of benzene rings is 3. The zero-order valence-electron chi connectivity index (χ0n) is 23.3. The Kier molecular flexibility index (Phi) is 10.7. The summed E-state index contributed by atoms with van der Waals surface area (Å²) in [5, 5.41) is 12.2. The maximum atomic E-state index is 12.7. The topological polar surface area (TPSA) is 72.8 Å². The lowest BCUT2D eigenvalue weighted by Crippen LogP contribution is -2.35. The van der Waals surface area contributed by atoms with E-state index in [1.54, 1.807) is 12.1 Å². The fraction of sp³-hybridized carbons (Fsp3) is 0.438. The first-order valence-electron chi connectivity index (χ1n) is 12.9. The molecule has 0 aliphatic carbocycles. The highest BCUT2D eigenvalue weighted by Gasteiger charge is 2.40. The van der Waals surface area contributed by atoms with Crippen LogP contribution in [0.25, 0.3) is 10.8 Å². The van der Waals surface area contributed by atoms with E-state index in [2.05, 4.69) is 48.5 Å². The Hall–Kier alpha value is -3.34. The zero-order chi connectivity index (χ0) is 27.6. The molecule has 2 atom stereocenters. The second kappa shape index (κ2) is 13.3. The van der Waals surface area contributed by atoms with Crippen LogP contribution in [-0.2, 0) is 19.1 Å². The molecule has 5 heteroatoms. The third kappa shape index (κ3) is 8.63. The molecule has 0 aliphatic rings. The predicted octanol–water partition coefficient (Wildman–Crippen LogP) is 7.66. The number of hydrogen-bond donors (Lipinski definition) is 1. The number of methoxy groups -OCH3 is 1. The zero-order valence-corrected chi connectivity index (χ0v) is 23.3. The SMILES string of the molecule is CCC(C)(CC(CC(C)(C)C(=O)OC)c1ccc(O)cc1)C(=O)OC(C)C.c1ccc2ccccc2c1. The van der Waals surface area contributed by atoms with E-state index in [4.69, 9.17) is 9.47 Å². The Morgan fingerprint density at radius 1 is 0.811 bits per heavy atom. The first-order chi connectivity index (χ1) is 17.4. The van der Waals surface area contributed by atoms with E-state index in [-0.39, 0.29) is 29.7 Å². The minimum atomic E-state index is -0.700. The number of phenolic OH excluding ortho intramolecular Hbond substituents is 1. The van der Waals surface area contributed by atoms with Gasteiger partial charge in [0.05, 0.1) is 24.0 Å². The van der Waals surface area contributed by atoms with Gasteiger partial charge < -0.3 is 14.6 Å². The van der Waals surface area contributed by atoms with Gasteiger partial charge in [0.25, 0.3) is 0 Å². The van der Waals surface area contributed by atoms with E-state index in [1.807, 2.05) is 53.7 Å². The van der Waals surface area contributed by atoms with Gasteiger partial charge in [-0.25, -0.2) is 0 Å². The molecule has 2 unspecified atom stereocenters. The molecular formula is C32H42O5. The Balaban J connectivity index is 0.000000394. The van der Waals surface area contributed by atoms with Crippen molar-refractivity contribution in [2.75, 3.05) is 7.11 Å². The lowest BCUT2D eigenvalue weighted by Gasteiger charge is -2.34. The van der Waals surface area contributed by atoms with Gasteiger partial charge in [0.2, 0.25) is 0 Å². The summed E-state index contributed by atoms with van der Waals surface area (Å²) in [5.41, 5.74) is -0.394. The molecule has 3 aromatic carbocycles. The highest BCUT2D eigenvalue weighted by molar-refractivity contribution is 5.82. The largest absolute Gasteiger partial charge is 0.508 e. The highest BCUT2D eigenvalue weighted by atomic mass is 16.5. The van der Waals surface area contributed by atoms with E-state index in [0.717, 1.165) is 5.56 Å². The smallest absolute Gasteiger partial charge is 0.312 e. The van der Waals surface area contributed by atoms with E-state index >= 15 is 0 Å². The standard InChI is InChI=1S/C22H34O5.C10H8/c1-8-22(6,20(25)27-15(2)3)14-17(13-21(4,5)19(24)26-7)16-9-11-18(23)12-10-16;1-2-6-10-8-4-3-7-9(10)5-1/h9-12,15,17,23H,8,13-14H2,1-7H3;1-8H. The fourth-order valence-corrected chi connectivity index (χ4v) is 4.44. The van der Waals surface area contributed by atoms with Crippen LogP contribution < -0.4 is 0 Å². The Morgan fingerprint density at radius 3 is 1.70 bits per heavy atom. The van der Waals surface area contributed by atoms with Crippen LogP contribution in [0.2, 0.25) is 0 Å². The van der Waals surface area contributed by atoms with Crippen LogP contribution in [0.4, 0.5) is 0 Å². The monoisotopic (exact) mass is 506 g/mol. The molecule has 0 saturated heterocycles. The summed E-state index contributed by atoms with van der Waals surface area (Å²) in [6.07, 6.45) is 1.52.